The zero-order valence-corrected chi connectivity index (χ0v) is 9.34. The Labute approximate surface area is 86.7 Å². The third kappa shape index (κ3) is 2.23. The summed E-state index contributed by atoms with van der Waals surface area (Å²) in [4.78, 5) is 0. The second-order valence-corrected chi connectivity index (χ2v) is 3.64. The number of methoxy groups -OCH3 is 1. The summed E-state index contributed by atoms with van der Waals surface area (Å²) in [6.07, 6.45) is 0.236. The Morgan fingerprint density at radius 3 is 2.77 bits per heavy atom. The zero-order valence-electron chi connectivity index (χ0n) is 7.75. The van der Waals surface area contributed by atoms with Crippen LogP contribution in [0.5, 0.6) is 5.75 Å². The van der Waals surface area contributed by atoms with Crippen molar-refractivity contribution >= 4 is 15.9 Å². The molecule has 0 saturated carbocycles. The van der Waals surface area contributed by atoms with Gasteiger partial charge in [-0.1, -0.05) is 19.1 Å². The molecule has 0 heterocycles. The highest BCUT2D eigenvalue weighted by Crippen LogP contribution is 2.33. The van der Waals surface area contributed by atoms with Gasteiger partial charge in [-0.3, -0.25) is 0 Å². The molecule has 0 aliphatic rings. The maximum atomic E-state index is 9.66. The van der Waals surface area contributed by atoms with E-state index in [1.807, 2.05) is 25.1 Å². The number of aliphatic hydroxyl groups is 1. The fourth-order valence-electron chi connectivity index (χ4n) is 1.22. The molecule has 0 aliphatic heterocycles. The summed E-state index contributed by atoms with van der Waals surface area (Å²) >= 11 is 3.37. The Kier molecular flexibility index (Phi) is 3.75. The molecule has 72 valence electrons. The van der Waals surface area contributed by atoms with Crippen molar-refractivity contribution in [3.8, 4) is 5.75 Å². The van der Waals surface area contributed by atoms with E-state index in [2.05, 4.69) is 15.9 Å². The fraction of sp³-hybridized carbons (Fsp3) is 0.400. The summed E-state index contributed by atoms with van der Waals surface area (Å²) in [5.41, 5.74) is 0.833. The minimum absolute atomic E-state index is 0.451. The Morgan fingerprint density at radius 2 is 2.23 bits per heavy atom. The molecule has 0 aliphatic carbocycles. The largest absolute Gasteiger partial charge is 0.495 e. The lowest BCUT2D eigenvalue weighted by molar-refractivity contribution is 0.169. The first-order chi connectivity index (χ1) is 6.20. The third-order valence-electron chi connectivity index (χ3n) is 1.95. The number of ether oxygens (including phenoxy) is 1. The summed E-state index contributed by atoms with van der Waals surface area (Å²) in [6, 6.07) is 5.66. The predicted molar refractivity (Wildman–Crippen MR) is 55.9 cm³/mol. The van der Waals surface area contributed by atoms with Crippen LogP contribution in [0.3, 0.4) is 0 Å². The van der Waals surface area contributed by atoms with Gasteiger partial charge in [0.1, 0.15) is 5.75 Å². The van der Waals surface area contributed by atoms with Crippen molar-refractivity contribution in [2.45, 2.75) is 19.4 Å². The molecule has 2 nitrogen and oxygen atoms in total. The van der Waals surface area contributed by atoms with Gasteiger partial charge in [0.15, 0.2) is 0 Å². The maximum absolute atomic E-state index is 9.66. The number of aliphatic hydroxyl groups excluding tert-OH is 1. The Hall–Kier alpha value is -0.540. The van der Waals surface area contributed by atoms with E-state index < -0.39 is 6.10 Å². The van der Waals surface area contributed by atoms with E-state index in [1.165, 1.54) is 0 Å². The molecule has 0 bridgehead atoms. The first kappa shape index (κ1) is 10.5. The van der Waals surface area contributed by atoms with E-state index >= 15 is 0 Å². The third-order valence-corrected chi connectivity index (χ3v) is 2.57. The SMILES string of the molecule is CCC(O)c1cccc(Br)c1OC. The van der Waals surface area contributed by atoms with Crippen LogP contribution in [0.25, 0.3) is 0 Å². The lowest BCUT2D eigenvalue weighted by Crippen LogP contribution is -1.99. The van der Waals surface area contributed by atoms with Gasteiger partial charge in [0.2, 0.25) is 0 Å². The minimum Gasteiger partial charge on any atom is -0.495 e. The second kappa shape index (κ2) is 4.63. The molecule has 1 atom stereocenters. The van der Waals surface area contributed by atoms with Gasteiger partial charge in [0, 0.05) is 5.56 Å². The van der Waals surface area contributed by atoms with E-state index in [9.17, 15) is 5.11 Å². The lowest BCUT2D eigenvalue weighted by Gasteiger charge is -2.13. The summed E-state index contributed by atoms with van der Waals surface area (Å²) in [6.45, 7) is 1.94. The molecule has 1 unspecified atom stereocenters. The number of benzene rings is 1. The van der Waals surface area contributed by atoms with Crippen molar-refractivity contribution in [2.75, 3.05) is 7.11 Å². The second-order valence-electron chi connectivity index (χ2n) is 2.79. The molecule has 3 heteroatoms. The maximum Gasteiger partial charge on any atom is 0.138 e. The topological polar surface area (TPSA) is 29.5 Å². The van der Waals surface area contributed by atoms with E-state index in [4.69, 9.17) is 4.74 Å². The molecule has 0 fully saturated rings. The minimum atomic E-state index is -0.451. The van der Waals surface area contributed by atoms with Gasteiger partial charge >= 0.3 is 0 Å². The average Bonchev–Trinajstić information content (AvgIpc) is 2.16. The van der Waals surface area contributed by atoms with Crippen LogP contribution in [0.4, 0.5) is 0 Å². The van der Waals surface area contributed by atoms with E-state index in [-0.39, 0.29) is 0 Å². The van der Waals surface area contributed by atoms with Crippen molar-refractivity contribution in [3.05, 3.63) is 28.2 Å². The summed E-state index contributed by atoms with van der Waals surface area (Å²) in [5.74, 6) is 0.719. The van der Waals surface area contributed by atoms with Crippen molar-refractivity contribution < 1.29 is 9.84 Å². The van der Waals surface area contributed by atoms with Crippen molar-refractivity contribution in [1.29, 1.82) is 0 Å². The standard InChI is InChI=1S/C10H13BrO2/c1-3-9(12)7-5-4-6-8(11)10(7)13-2/h4-6,9,12H,3H2,1-2H3. The summed E-state index contributed by atoms with van der Waals surface area (Å²) < 4.78 is 6.07. The Balaban J connectivity index is 3.12. The monoisotopic (exact) mass is 244 g/mol. The molecule has 1 N–H and O–H groups in total. The van der Waals surface area contributed by atoms with Crippen LogP contribution in [-0.4, -0.2) is 12.2 Å². The van der Waals surface area contributed by atoms with Crippen LogP contribution in [0.2, 0.25) is 0 Å². The van der Waals surface area contributed by atoms with Crippen LogP contribution < -0.4 is 4.74 Å². The van der Waals surface area contributed by atoms with Crippen LogP contribution in [-0.2, 0) is 0 Å². The highest BCUT2D eigenvalue weighted by molar-refractivity contribution is 9.10. The molecule has 0 aromatic heterocycles. The highest BCUT2D eigenvalue weighted by atomic mass is 79.9. The molecule has 1 aromatic rings. The van der Waals surface area contributed by atoms with E-state index in [1.54, 1.807) is 7.11 Å². The molecule has 1 aromatic carbocycles. The molecule has 0 spiro atoms. The van der Waals surface area contributed by atoms with Crippen LogP contribution in [0.1, 0.15) is 25.0 Å². The first-order valence-corrected chi connectivity index (χ1v) is 5.00. The van der Waals surface area contributed by atoms with Gasteiger partial charge in [-0.15, -0.1) is 0 Å². The Morgan fingerprint density at radius 1 is 1.54 bits per heavy atom. The number of rotatable bonds is 3. The quantitative estimate of drug-likeness (QED) is 0.887. The number of para-hydroxylation sites is 1. The highest BCUT2D eigenvalue weighted by Gasteiger charge is 2.12. The van der Waals surface area contributed by atoms with Crippen molar-refractivity contribution in [1.82, 2.24) is 0 Å². The first-order valence-electron chi connectivity index (χ1n) is 4.21. The molecule has 13 heavy (non-hydrogen) atoms. The van der Waals surface area contributed by atoms with Crippen molar-refractivity contribution in [3.63, 3.8) is 0 Å². The molecular weight excluding hydrogens is 232 g/mol. The zero-order chi connectivity index (χ0) is 9.84. The average molecular weight is 245 g/mol. The van der Waals surface area contributed by atoms with Gasteiger partial charge < -0.3 is 9.84 Å². The number of halogens is 1. The summed E-state index contributed by atoms with van der Waals surface area (Å²) in [7, 11) is 1.60. The Bertz CT molecular complexity index is 286. The van der Waals surface area contributed by atoms with Crippen molar-refractivity contribution in [2.24, 2.45) is 0 Å². The molecular formula is C10H13BrO2. The van der Waals surface area contributed by atoms with Crippen LogP contribution in [0.15, 0.2) is 22.7 Å². The van der Waals surface area contributed by atoms with Gasteiger partial charge in [0.25, 0.3) is 0 Å². The normalized spacial score (nSPS) is 12.6. The van der Waals surface area contributed by atoms with Gasteiger partial charge in [0.05, 0.1) is 17.7 Å². The van der Waals surface area contributed by atoms with Gasteiger partial charge in [-0.2, -0.15) is 0 Å². The van der Waals surface area contributed by atoms with Crippen LogP contribution in [0, 0.1) is 0 Å². The number of hydrogen-bond donors (Lipinski definition) is 1. The van der Waals surface area contributed by atoms with E-state index in [0.29, 0.717) is 6.42 Å². The molecule has 0 saturated heterocycles. The molecule has 0 amide bonds. The smallest absolute Gasteiger partial charge is 0.138 e. The van der Waals surface area contributed by atoms with Gasteiger partial charge in [-0.05, 0) is 28.4 Å². The lowest BCUT2D eigenvalue weighted by atomic mass is 10.1. The number of hydrogen-bond acceptors (Lipinski definition) is 2. The fourth-order valence-corrected chi connectivity index (χ4v) is 1.77. The van der Waals surface area contributed by atoms with E-state index in [0.717, 1.165) is 15.8 Å². The predicted octanol–water partition coefficient (Wildman–Crippen LogP) is 2.90. The van der Waals surface area contributed by atoms with Crippen LogP contribution >= 0.6 is 15.9 Å². The van der Waals surface area contributed by atoms with Gasteiger partial charge in [-0.25, -0.2) is 0 Å². The summed E-state index contributed by atoms with van der Waals surface area (Å²) in [5, 5.41) is 9.66. The molecule has 1 rings (SSSR count). The molecule has 0 radical (unpaired) electrons.